The van der Waals surface area contributed by atoms with Crippen molar-refractivity contribution in [2.45, 2.75) is 0 Å². The second kappa shape index (κ2) is 6.00. The van der Waals surface area contributed by atoms with E-state index in [1.807, 2.05) is 24.3 Å². The van der Waals surface area contributed by atoms with Crippen LogP contribution in [0.5, 0.6) is 0 Å². The summed E-state index contributed by atoms with van der Waals surface area (Å²) < 4.78 is 0. The molecule has 23 heavy (non-hydrogen) atoms. The first kappa shape index (κ1) is 14.9. The van der Waals surface area contributed by atoms with Crippen molar-refractivity contribution in [3.63, 3.8) is 0 Å². The third-order valence-electron chi connectivity index (χ3n) is 3.77. The van der Waals surface area contributed by atoms with E-state index in [0.29, 0.717) is 18.8 Å². The number of nitrogens with one attached hydrogen (secondary N) is 1. The molecule has 2 aromatic rings. The summed E-state index contributed by atoms with van der Waals surface area (Å²) in [7, 11) is 1.78. The molecular weight excluding hydrogens is 294 g/mol. The number of carboxylic acids is 1. The van der Waals surface area contributed by atoms with Crippen LogP contribution in [0.2, 0.25) is 0 Å². The fourth-order valence-electron chi connectivity index (χ4n) is 2.54. The number of amides is 2. The van der Waals surface area contributed by atoms with E-state index in [4.69, 9.17) is 5.11 Å². The first-order valence-electron chi connectivity index (χ1n) is 7.28. The van der Waals surface area contributed by atoms with Crippen LogP contribution in [0.4, 0.5) is 21.9 Å². The molecule has 6 heteroatoms. The minimum atomic E-state index is -0.965. The molecule has 1 fully saturated rings. The van der Waals surface area contributed by atoms with Crippen LogP contribution in [0, 0.1) is 0 Å². The second-order valence-electron chi connectivity index (χ2n) is 5.42. The highest BCUT2D eigenvalue weighted by molar-refractivity contribution is 5.94. The van der Waals surface area contributed by atoms with Gasteiger partial charge in [-0.05, 0) is 36.4 Å². The van der Waals surface area contributed by atoms with E-state index < -0.39 is 5.97 Å². The summed E-state index contributed by atoms with van der Waals surface area (Å²) in [6, 6.07) is 14.1. The van der Waals surface area contributed by atoms with Crippen LogP contribution in [-0.4, -0.2) is 42.1 Å². The minimum Gasteiger partial charge on any atom is -0.478 e. The van der Waals surface area contributed by atoms with Crippen molar-refractivity contribution in [3.05, 3.63) is 54.1 Å². The van der Waals surface area contributed by atoms with Gasteiger partial charge in [-0.3, -0.25) is 4.90 Å². The number of nitrogens with zero attached hydrogens (tertiary/aromatic N) is 2. The highest BCUT2D eigenvalue weighted by Crippen LogP contribution is 2.25. The normalized spacial score (nSPS) is 14.2. The standard InChI is InChI=1S/C17H17N3O3/c1-19-8-9-20(17(19)23)15-7-3-6-14(11-15)18-13-5-2-4-12(10-13)16(21)22/h2-7,10-11,18H,8-9H2,1H3,(H,21,22). The Kier molecular flexibility index (Phi) is 3.89. The Morgan fingerprint density at radius 1 is 1.09 bits per heavy atom. The van der Waals surface area contributed by atoms with Gasteiger partial charge in [0.05, 0.1) is 5.56 Å². The summed E-state index contributed by atoms with van der Waals surface area (Å²) in [5.74, 6) is -0.965. The monoisotopic (exact) mass is 311 g/mol. The number of hydrogen-bond acceptors (Lipinski definition) is 3. The van der Waals surface area contributed by atoms with Crippen molar-refractivity contribution in [2.75, 3.05) is 30.4 Å². The maximum absolute atomic E-state index is 12.1. The van der Waals surface area contributed by atoms with Crippen molar-refractivity contribution in [1.29, 1.82) is 0 Å². The van der Waals surface area contributed by atoms with Crippen LogP contribution in [0.1, 0.15) is 10.4 Å². The topological polar surface area (TPSA) is 72.9 Å². The molecule has 0 saturated carbocycles. The van der Waals surface area contributed by atoms with E-state index in [2.05, 4.69) is 5.32 Å². The zero-order chi connectivity index (χ0) is 16.4. The van der Waals surface area contributed by atoms with Crippen LogP contribution < -0.4 is 10.2 Å². The number of aromatic carboxylic acids is 1. The van der Waals surface area contributed by atoms with Crippen molar-refractivity contribution in [1.82, 2.24) is 4.90 Å². The van der Waals surface area contributed by atoms with Gasteiger partial charge >= 0.3 is 12.0 Å². The number of carbonyl (C=O) groups is 2. The number of carboxylic acid groups (broad SMARTS) is 1. The Hall–Kier alpha value is -3.02. The highest BCUT2D eigenvalue weighted by Gasteiger charge is 2.26. The Morgan fingerprint density at radius 3 is 2.43 bits per heavy atom. The SMILES string of the molecule is CN1CCN(c2cccc(Nc3cccc(C(=O)O)c3)c2)C1=O. The molecule has 2 aromatic carbocycles. The summed E-state index contributed by atoms with van der Waals surface area (Å²) in [5, 5.41) is 12.2. The zero-order valence-electron chi connectivity index (χ0n) is 12.7. The Bertz CT molecular complexity index is 760. The van der Waals surface area contributed by atoms with Gasteiger partial charge in [0.1, 0.15) is 0 Å². The average molecular weight is 311 g/mol. The second-order valence-corrected chi connectivity index (χ2v) is 5.42. The van der Waals surface area contributed by atoms with Gasteiger partial charge in [-0.1, -0.05) is 12.1 Å². The van der Waals surface area contributed by atoms with Crippen LogP contribution in [0.25, 0.3) is 0 Å². The smallest absolute Gasteiger partial charge is 0.335 e. The minimum absolute atomic E-state index is 0.0185. The van der Waals surface area contributed by atoms with E-state index in [1.165, 1.54) is 0 Å². The van der Waals surface area contributed by atoms with Gasteiger partial charge in [0.15, 0.2) is 0 Å². The molecule has 0 radical (unpaired) electrons. The molecule has 3 rings (SSSR count). The van der Waals surface area contributed by atoms with Crippen molar-refractivity contribution in [2.24, 2.45) is 0 Å². The molecule has 1 saturated heterocycles. The summed E-state index contributed by atoms with van der Waals surface area (Å²) in [5.41, 5.74) is 2.53. The van der Waals surface area contributed by atoms with E-state index in [9.17, 15) is 9.59 Å². The lowest BCUT2D eigenvalue weighted by molar-refractivity contribution is 0.0697. The van der Waals surface area contributed by atoms with E-state index in [0.717, 1.165) is 11.4 Å². The van der Waals surface area contributed by atoms with Crippen molar-refractivity contribution in [3.8, 4) is 0 Å². The number of urea groups is 1. The molecule has 0 spiro atoms. The van der Waals surface area contributed by atoms with Crippen LogP contribution in [0.15, 0.2) is 48.5 Å². The summed E-state index contributed by atoms with van der Waals surface area (Å²) in [6.45, 7) is 1.37. The molecule has 0 bridgehead atoms. The molecule has 0 aliphatic carbocycles. The fourth-order valence-corrected chi connectivity index (χ4v) is 2.54. The molecule has 1 aliphatic rings. The number of hydrogen-bond donors (Lipinski definition) is 2. The largest absolute Gasteiger partial charge is 0.478 e. The Labute approximate surface area is 133 Å². The molecule has 0 atom stereocenters. The average Bonchev–Trinajstić information content (AvgIpc) is 2.87. The molecule has 1 heterocycles. The van der Waals surface area contributed by atoms with Gasteiger partial charge < -0.3 is 15.3 Å². The molecule has 118 valence electrons. The van der Waals surface area contributed by atoms with Gasteiger partial charge in [0, 0.05) is 37.2 Å². The third-order valence-corrected chi connectivity index (χ3v) is 3.77. The van der Waals surface area contributed by atoms with E-state index in [-0.39, 0.29) is 11.6 Å². The molecule has 6 nitrogen and oxygen atoms in total. The zero-order valence-corrected chi connectivity index (χ0v) is 12.7. The molecular formula is C17H17N3O3. The molecule has 0 aromatic heterocycles. The number of carbonyl (C=O) groups excluding carboxylic acids is 1. The quantitative estimate of drug-likeness (QED) is 0.910. The predicted octanol–water partition coefficient (Wildman–Crippen LogP) is 3.00. The van der Waals surface area contributed by atoms with Crippen LogP contribution >= 0.6 is 0 Å². The van der Waals surface area contributed by atoms with Gasteiger partial charge in [0.25, 0.3) is 0 Å². The summed E-state index contributed by atoms with van der Waals surface area (Å²) in [6.07, 6.45) is 0. The Morgan fingerprint density at radius 2 is 1.78 bits per heavy atom. The lowest BCUT2D eigenvalue weighted by Gasteiger charge is -2.17. The summed E-state index contributed by atoms with van der Waals surface area (Å²) >= 11 is 0. The maximum atomic E-state index is 12.1. The fraction of sp³-hybridized carbons (Fsp3) is 0.176. The third kappa shape index (κ3) is 3.11. The van der Waals surface area contributed by atoms with Gasteiger partial charge in [-0.2, -0.15) is 0 Å². The van der Waals surface area contributed by atoms with Gasteiger partial charge in [0.2, 0.25) is 0 Å². The predicted molar refractivity (Wildman–Crippen MR) is 88.5 cm³/mol. The van der Waals surface area contributed by atoms with Crippen molar-refractivity contribution >= 4 is 29.1 Å². The van der Waals surface area contributed by atoms with Crippen molar-refractivity contribution < 1.29 is 14.7 Å². The van der Waals surface area contributed by atoms with Crippen LogP contribution in [0.3, 0.4) is 0 Å². The lowest BCUT2D eigenvalue weighted by atomic mass is 10.2. The molecule has 1 aliphatic heterocycles. The van der Waals surface area contributed by atoms with Gasteiger partial charge in [-0.25, -0.2) is 9.59 Å². The molecule has 0 unspecified atom stereocenters. The van der Waals surface area contributed by atoms with Gasteiger partial charge in [-0.15, -0.1) is 0 Å². The number of anilines is 3. The number of benzene rings is 2. The molecule has 2 N–H and O–H groups in total. The number of likely N-dealkylation sites (N-methyl/N-ethyl adjacent to an activating group) is 1. The first-order valence-corrected chi connectivity index (χ1v) is 7.28. The maximum Gasteiger partial charge on any atom is 0.335 e. The van der Waals surface area contributed by atoms with E-state index >= 15 is 0 Å². The lowest BCUT2D eigenvalue weighted by Crippen LogP contribution is -2.29. The van der Waals surface area contributed by atoms with E-state index in [1.54, 1.807) is 41.1 Å². The van der Waals surface area contributed by atoms with Crippen LogP contribution in [-0.2, 0) is 0 Å². The highest BCUT2D eigenvalue weighted by atomic mass is 16.4. The number of rotatable bonds is 4. The first-order chi connectivity index (χ1) is 11.0. The Balaban J connectivity index is 1.82. The molecule has 2 amide bonds. The summed E-state index contributed by atoms with van der Waals surface area (Å²) in [4.78, 5) is 26.5.